The van der Waals surface area contributed by atoms with Crippen molar-refractivity contribution in [1.29, 1.82) is 0 Å². The van der Waals surface area contributed by atoms with E-state index in [-0.39, 0.29) is 17.4 Å². The quantitative estimate of drug-likeness (QED) is 0.514. The van der Waals surface area contributed by atoms with E-state index in [1.807, 2.05) is 16.8 Å². The van der Waals surface area contributed by atoms with Gasteiger partial charge in [-0.1, -0.05) is 31.9 Å². The zero-order valence-electron chi connectivity index (χ0n) is 15.7. The smallest absolute Gasteiger partial charge is 0.261 e. The lowest BCUT2D eigenvalue weighted by atomic mass is 9.85. The van der Waals surface area contributed by atoms with Gasteiger partial charge in [0.1, 0.15) is 5.82 Å². The third-order valence-corrected chi connectivity index (χ3v) is 6.00. The van der Waals surface area contributed by atoms with Crippen LogP contribution in [0.25, 0.3) is 27.7 Å². The predicted molar refractivity (Wildman–Crippen MR) is 107 cm³/mol. The summed E-state index contributed by atoms with van der Waals surface area (Å²) in [6.45, 7) is 2.23. The Labute approximate surface area is 161 Å². The molecule has 142 valence electrons. The van der Waals surface area contributed by atoms with Gasteiger partial charge in [-0.05, 0) is 42.5 Å². The Morgan fingerprint density at radius 3 is 2.64 bits per heavy atom. The molecule has 2 atom stereocenters. The number of rotatable bonds is 2. The van der Waals surface area contributed by atoms with E-state index in [0.29, 0.717) is 17.0 Å². The second-order valence-corrected chi connectivity index (χ2v) is 7.71. The van der Waals surface area contributed by atoms with Crippen LogP contribution in [0.3, 0.4) is 0 Å². The Hall–Kier alpha value is -3.02. The van der Waals surface area contributed by atoms with Crippen molar-refractivity contribution in [3.8, 4) is 11.1 Å². The van der Waals surface area contributed by atoms with Gasteiger partial charge < -0.3 is 4.57 Å². The van der Waals surface area contributed by atoms with Crippen LogP contribution in [0, 0.1) is 11.7 Å². The first-order chi connectivity index (χ1) is 13.6. The van der Waals surface area contributed by atoms with Crippen molar-refractivity contribution in [3.05, 3.63) is 65.1 Å². The molecule has 4 aromatic rings. The molecule has 6 heteroatoms. The molecule has 0 aliphatic heterocycles. The van der Waals surface area contributed by atoms with Crippen LogP contribution in [0.5, 0.6) is 0 Å². The lowest BCUT2D eigenvalue weighted by Crippen LogP contribution is -2.30. The first-order valence-electron chi connectivity index (χ1n) is 9.77. The molecular weight excluding hydrogens is 355 g/mol. The van der Waals surface area contributed by atoms with Gasteiger partial charge in [0.25, 0.3) is 5.56 Å². The van der Waals surface area contributed by atoms with Crippen LogP contribution in [0.2, 0.25) is 0 Å². The molecule has 3 aromatic heterocycles. The number of aromatic nitrogens is 4. The second-order valence-electron chi connectivity index (χ2n) is 7.71. The van der Waals surface area contributed by atoms with Gasteiger partial charge in [-0.3, -0.25) is 4.79 Å². The highest BCUT2D eigenvalue weighted by atomic mass is 19.1. The fourth-order valence-electron chi connectivity index (χ4n) is 4.44. The maximum Gasteiger partial charge on any atom is 0.261 e. The Bertz CT molecular complexity index is 1230. The van der Waals surface area contributed by atoms with Crippen molar-refractivity contribution in [1.82, 2.24) is 19.2 Å². The number of hydrogen-bond acceptors (Lipinski definition) is 3. The van der Waals surface area contributed by atoms with Gasteiger partial charge in [-0.25, -0.2) is 13.9 Å². The van der Waals surface area contributed by atoms with Crippen LogP contribution >= 0.6 is 0 Å². The minimum absolute atomic E-state index is 0.00974. The van der Waals surface area contributed by atoms with E-state index < -0.39 is 0 Å². The molecule has 1 aliphatic rings. The minimum Gasteiger partial charge on any atom is -0.312 e. The highest BCUT2D eigenvalue weighted by Crippen LogP contribution is 2.33. The van der Waals surface area contributed by atoms with Crippen molar-refractivity contribution < 1.29 is 4.39 Å². The third-order valence-electron chi connectivity index (χ3n) is 6.00. The second kappa shape index (κ2) is 6.55. The van der Waals surface area contributed by atoms with E-state index in [4.69, 9.17) is 0 Å². The molecule has 0 radical (unpaired) electrons. The van der Waals surface area contributed by atoms with Crippen molar-refractivity contribution in [2.24, 2.45) is 5.92 Å². The molecule has 1 saturated carbocycles. The molecule has 3 heterocycles. The first kappa shape index (κ1) is 17.1. The lowest BCUT2D eigenvalue weighted by molar-refractivity contribution is 0.253. The number of halogens is 1. The fourth-order valence-corrected chi connectivity index (χ4v) is 4.44. The van der Waals surface area contributed by atoms with E-state index >= 15 is 0 Å². The fraction of sp³-hybridized carbons (Fsp3) is 0.318. The molecule has 0 amide bonds. The summed E-state index contributed by atoms with van der Waals surface area (Å²) >= 11 is 0. The molecule has 0 saturated heterocycles. The number of fused-ring (bicyclic) bond motifs is 3. The summed E-state index contributed by atoms with van der Waals surface area (Å²) in [4.78, 5) is 17.7. The number of hydrogen-bond donors (Lipinski definition) is 0. The predicted octanol–water partition coefficient (Wildman–Crippen LogP) is 4.60. The van der Waals surface area contributed by atoms with Gasteiger partial charge in [-0.2, -0.15) is 5.10 Å². The Kier molecular flexibility index (Phi) is 4.00. The van der Waals surface area contributed by atoms with E-state index in [1.165, 1.54) is 18.6 Å². The normalized spacial score (nSPS) is 20.1. The van der Waals surface area contributed by atoms with Crippen LogP contribution in [0.1, 0.15) is 38.6 Å². The van der Waals surface area contributed by atoms with Crippen LogP contribution < -0.4 is 5.56 Å². The standard InChI is InChI=1S/C22H21FN4O/c1-14-4-2-3-5-19(14)26-11-10-20-18(22(26)28)12-24-21-17(13-25-27(20)21)15-6-8-16(23)9-7-15/h6-14,19H,2-5H2,1H3/t14-,19-/m1/s1. The van der Waals surface area contributed by atoms with Gasteiger partial charge in [0, 0.05) is 24.0 Å². The summed E-state index contributed by atoms with van der Waals surface area (Å²) in [6.07, 6.45) is 9.86. The van der Waals surface area contributed by atoms with Crippen LogP contribution in [0.15, 0.2) is 53.7 Å². The van der Waals surface area contributed by atoms with Crippen LogP contribution in [0.4, 0.5) is 4.39 Å². The van der Waals surface area contributed by atoms with Crippen molar-refractivity contribution in [2.45, 2.75) is 38.6 Å². The summed E-state index contributed by atoms with van der Waals surface area (Å²) in [7, 11) is 0. The minimum atomic E-state index is -0.281. The molecule has 28 heavy (non-hydrogen) atoms. The number of benzene rings is 1. The van der Waals surface area contributed by atoms with Gasteiger partial charge in [0.05, 0.1) is 17.1 Å². The number of nitrogens with zero attached hydrogens (tertiary/aromatic N) is 4. The maximum atomic E-state index is 13.2. The van der Waals surface area contributed by atoms with Crippen molar-refractivity contribution in [2.75, 3.05) is 0 Å². The Morgan fingerprint density at radius 1 is 1.07 bits per heavy atom. The van der Waals surface area contributed by atoms with Gasteiger partial charge in [0.2, 0.25) is 0 Å². The average molecular weight is 376 g/mol. The molecule has 1 aliphatic carbocycles. The van der Waals surface area contributed by atoms with Gasteiger partial charge >= 0.3 is 0 Å². The summed E-state index contributed by atoms with van der Waals surface area (Å²) < 4.78 is 16.8. The highest BCUT2D eigenvalue weighted by Gasteiger charge is 2.24. The largest absolute Gasteiger partial charge is 0.312 e. The molecule has 0 N–H and O–H groups in total. The lowest BCUT2D eigenvalue weighted by Gasteiger charge is -2.30. The Morgan fingerprint density at radius 2 is 1.86 bits per heavy atom. The van der Waals surface area contributed by atoms with E-state index in [9.17, 15) is 9.18 Å². The highest BCUT2D eigenvalue weighted by molar-refractivity contribution is 5.85. The Balaban J connectivity index is 1.66. The topological polar surface area (TPSA) is 52.2 Å². The molecule has 1 aromatic carbocycles. The maximum absolute atomic E-state index is 13.2. The van der Waals surface area contributed by atoms with Crippen LogP contribution in [-0.4, -0.2) is 19.2 Å². The average Bonchev–Trinajstić information content (AvgIpc) is 3.14. The van der Waals surface area contributed by atoms with E-state index in [1.54, 1.807) is 29.0 Å². The number of pyridine rings is 1. The molecule has 0 bridgehead atoms. The third kappa shape index (κ3) is 2.63. The van der Waals surface area contributed by atoms with E-state index in [0.717, 1.165) is 35.9 Å². The molecule has 0 spiro atoms. The molecule has 5 nitrogen and oxygen atoms in total. The van der Waals surface area contributed by atoms with Crippen molar-refractivity contribution in [3.63, 3.8) is 0 Å². The van der Waals surface area contributed by atoms with E-state index in [2.05, 4.69) is 17.0 Å². The zero-order valence-corrected chi connectivity index (χ0v) is 15.7. The first-order valence-corrected chi connectivity index (χ1v) is 9.77. The molecule has 0 unspecified atom stereocenters. The summed E-state index contributed by atoms with van der Waals surface area (Å²) in [5, 5.41) is 5.03. The zero-order chi connectivity index (χ0) is 19.3. The summed E-state index contributed by atoms with van der Waals surface area (Å²) in [5.74, 6) is 0.214. The monoisotopic (exact) mass is 376 g/mol. The molecule has 1 fully saturated rings. The summed E-state index contributed by atoms with van der Waals surface area (Å²) in [6, 6.07) is 8.46. The van der Waals surface area contributed by atoms with Crippen LogP contribution in [-0.2, 0) is 0 Å². The molecule has 5 rings (SSSR count). The summed E-state index contributed by atoms with van der Waals surface area (Å²) in [5.41, 5.74) is 3.04. The van der Waals surface area contributed by atoms with Gasteiger partial charge in [-0.15, -0.1) is 0 Å². The van der Waals surface area contributed by atoms with Gasteiger partial charge in [0.15, 0.2) is 5.65 Å². The van der Waals surface area contributed by atoms with Crippen molar-refractivity contribution >= 4 is 16.6 Å². The molecular formula is C22H21FN4O. The SMILES string of the molecule is C[C@@H]1CCCC[C@H]1n1ccc2c(cnc3c(-c4ccc(F)cc4)cnn32)c1=O.